The summed E-state index contributed by atoms with van der Waals surface area (Å²) in [5.74, 6) is 0.876. The van der Waals surface area contributed by atoms with E-state index in [2.05, 4.69) is 27.1 Å². The average Bonchev–Trinajstić information content (AvgIpc) is 2.83. The number of fused-ring (bicyclic) bond motifs is 1. The van der Waals surface area contributed by atoms with Gasteiger partial charge >= 0.3 is 0 Å². The molecule has 3 rings (SSSR count). The van der Waals surface area contributed by atoms with Crippen LogP contribution in [0.2, 0.25) is 0 Å². The topological polar surface area (TPSA) is 50.8 Å². The van der Waals surface area contributed by atoms with Crippen molar-refractivity contribution in [3.05, 3.63) is 54.1 Å². The molecule has 0 atom stereocenters. The molecule has 90 valence electrons. The maximum Gasteiger partial charge on any atom is 0.140 e. The first-order chi connectivity index (χ1) is 8.86. The summed E-state index contributed by atoms with van der Waals surface area (Å²) in [5.41, 5.74) is 3.32. The second-order valence-corrected chi connectivity index (χ2v) is 4.12. The van der Waals surface area contributed by atoms with E-state index in [0.717, 1.165) is 23.2 Å². The summed E-state index contributed by atoms with van der Waals surface area (Å²) in [6.45, 7) is 0. The summed E-state index contributed by atoms with van der Waals surface area (Å²) in [4.78, 5) is 11.4. The van der Waals surface area contributed by atoms with Crippen LogP contribution in [0, 0.1) is 0 Å². The van der Waals surface area contributed by atoms with Gasteiger partial charge in [0.25, 0.3) is 0 Å². The lowest BCUT2D eigenvalue weighted by Gasteiger charge is -2.02. The van der Waals surface area contributed by atoms with E-state index in [1.165, 1.54) is 11.1 Å². The molecular weight excluding hydrogens is 226 g/mol. The summed E-state index contributed by atoms with van der Waals surface area (Å²) in [6, 6.07) is 8.09. The smallest absolute Gasteiger partial charge is 0.140 e. The van der Waals surface area contributed by atoms with Gasteiger partial charge in [-0.15, -0.1) is 0 Å². The third-order valence-corrected chi connectivity index (χ3v) is 2.99. The van der Waals surface area contributed by atoms with E-state index in [4.69, 9.17) is 4.74 Å². The van der Waals surface area contributed by atoms with Crippen LogP contribution in [0.3, 0.4) is 0 Å². The molecule has 0 bridgehead atoms. The molecule has 0 saturated heterocycles. The van der Waals surface area contributed by atoms with E-state index in [1.807, 2.05) is 24.5 Å². The number of benzene rings is 1. The standard InChI is InChI=1S/C14H13N3O/c1-18-12-4-2-10(3-5-12)6-11-7-16-14-13(11)8-15-9-17-14/h2-5,7-9H,6H2,1H3,(H,15,16,17). The number of methoxy groups -OCH3 is 1. The number of hydrogen-bond donors (Lipinski definition) is 1. The fourth-order valence-corrected chi connectivity index (χ4v) is 2.02. The van der Waals surface area contributed by atoms with Crippen molar-refractivity contribution in [2.24, 2.45) is 0 Å². The minimum Gasteiger partial charge on any atom is -0.497 e. The second kappa shape index (κ2) is 4.49. The summed E-state index contributed by atoms with van der Waals surface area (Å²) in [5, 5.41) is 1.08. The summed E-state index contributed by atoms with van der Waals surface area (Å²) >= 11 is 0. The number of hydrogen-bond acceptors (Lipinski definition) is 3. The quantitative estimate of drug-likeness (QED) is 0.764. The van der Waals surface area contributed by atoms with Crippen molar-refractivity contribution >= 4 is 11.0 Å². The highest BCUT2D eigenvalue weighted by atomic mass is 16.5. The van der Waals surface area contributed by atoms with Crippen LogP contribution in [0.15, 0.2) is 43.0 Å². The Balaban J connectivity index is 1.91. The molecule has 0 radical (unpaired) electrons. The van der Waals surface area contributed by atoms with E-state index in [0.29, 0.717) is 0 Å². The zero-order valence-electron chi connectivity index (χ0n) is 10.1. The highest BCUT2D eigenvalue weighted by Crippen LogP contribution is 2.20. The number of ether oxygens (including phenoxy) is 1. The van der Waals surface area contributed by atoms with Crippen LogP contribution < -0.4 is 4.74 Å². The molecule has 0 unspecified atom stereocenters. The highest BCUT2D eigenvalue weighted by Gasteiger charge is 2.05. The van der Waals surface area contributed by atoms with Crippen LogP contribution in [-0.2, 0) is 6.42 Å². The number of aromatic nitrogens is 3. The Hall–Kier alpha value is -2.36. The molecular formula is C14H13N3O. The minimum atomic E-state index is 0.858. The van der Waals surface area contributed by atoms with E-state index in [-0.39, 0.29) is 0 Å². The van der Waals surface area contributed by atoms with E-state index in [9.17, 15) is 0 Å². The van der Waals surface area contributed by atoms with Crippen LogP contribution in [0.1, 0.15) is 11.1 Å². The number of rotatable bonds is 3. The largest absolute Gasteiger partial charge is 0.497 e. The molecule has 1 N–H and O–H groups in total. The predicted molar refractivity (Wildman–Crippen MR) is 69.7 cm³/mol. The fraction of sp³-hybridized carbons (Fsp3) is 0.143. The Morgan fingerprint density at radius 1 is 1.22 bits per heavy atom. The van der Waals surface area contributed by atoms with Crippen LogP contribution in [0.4, 0.5) is 0 Å². The van der Waals surface area contributed by atoms with Crippen molar-refractivity contribution in [1.29, 1.82) is 0 Å². The molecule has 4 nitrogen and oxygen atoms in total. The molecule has 2 aromatic heterocycles. The second-order valence-electron chi connectivity index (χ2n) is 4.12. The number of aromatic amines is 1. The van der Waals surface area contributed by atoms with Gasteiger partial charge in [0.15, 0.2) is 0 Å². The molecule has 3 aromatic rings. The molecule has 0 saturated carbocycles. The Morgan fingerprint density at radius 2 is 2.06 bits per heavy atom. The maximum absolute atomic E-state index is 5.15. The number of nitrogens with one attached hydrogen (secondary N) is 1. The van der Waals surface area contributed by atoms with E-state index >= 15 is 0 Å². The van der Waals surface area contributed by atoms with E-state index < -0.39 is 0 Å². The lowest BCUT2D eigenvalue weighted by Crippen LogP contribution is -1.88. The van der Waals surface area contributed by atoms with Gasteiger partial charge in [0, 0.05) is 17.8 Å². The van der Waals surface area contributed by atoms with Crippen molar-refractivity contribution in [3.8, 4) is 5.75 Å². The molecule has 2 heterocycles. The zero-order valence-corrected chi connectivity index (χ0v) is 10.1. The van der Waals surface area contributed by atoms with Gasteiger partial charge in [-0.25, -0.2) is 9.97 Å². The van der Waals surface area contributed by atoms with Gasteiger partial charge in [-0.05, 0) is 29.7 Å². The molecule has 1 aromatic carbocycles. The fourth-order valence-electron chi connectivity index (χ4n) is 2.02. The Kier molecular flexibility index (Phi) is 2.68. The normalized spacial score (nSPS) is 10.7. The number of H-pyrrole nitrogens is 1. The molecule has 0 aliphatic rings. The lowest BCUT2D eigenvalue weighted by atomic mass is 10.1. The molecule has 0 fully saturated rings. The van der Waals surface area contributed by atoms with Crippen LogP contribution in [-0.4, -0.2) is 22.1 Å². The van der Waals surface area contributed by atoms with Gasteiger partial charge in [-0.1, -0.05) is 12.1 Å². The third kappa shape index (κ3) is 1.93. The lowest BCUT2D eigenvalue weighted by molar-refractivity contribution is 0.414. The van der Waals surface area contributed by atoms with Gasteiger partial charge in [0.2, 0.25) is 0 Å². The molecule has 18 heavy (non-hydrogen) atoms. The van der Waals surface area contributed by atoms with Crippen molar-refractivity contribution in [2.45, 2.75) is 6.42 Å². The molecule has 0 aliphatic carbocycles. The molecule has 4 heteroatoms. The van der Waals surface area contributed by atoms with Crippen molar-refractivity contribution < 1.29 is 4.74 Å². The summed E-state index contributed by atoms with van der Waals surface area (Å²) < 4.78 is 5.15. The van der Waals surface area contributed by atoms with Crippen LogP contribution in [0.25, 0.3) is 11.0 Å². The van der Waals surface area contributed by atoms with Crippen molar-refractivity contribution in [2.75, 3.05) is 7.11 Å². The van der Waals surface area contributed by atoms with Gasteiger partial charge in [0.1, 0.15) is 17.7 Å². The Morgan fingerprint density at radius 3 is 2.83 bits per heavy atom. The van der Waals surface area contributed by atoms with Crippen molar-refractivity contribution in [3.63, 3.8) is 0 Å². The minimum absolute atomic E-state index is 0.858. The Bertz CT molecular complexity index is 658. The first kappa shape index (κ1) is 10.8. The SMILES string of the molecule is COc1ccc(Cc2c[nH]c3ncncc23)cc1. The summed E-state index contributed by atoms with van der Waals surface area (Å²) in [6.07, 6.45) is 6.24. The van der Waals surface area contributed by atoms with Crippen LogP contribution in [0.5, 0.6) is 5.75 Å². The van der Waals surface area contributed by atoms with Crippen molar-refractivity contribution in [1.82, 2.24) is 15.0 Å². The van der Waals surface area contributed by atoms with E-state index in [1.54, 1.807) is 13.4 Å². The van der Waals surface area contributed by atoms with Gasteiger partial charge in [-0.2, -0.15) is 0 Å². The monoisotopic (exact) mass is 239 g/mol. The van der Waals surface area contributed by atoms with Gasteiger partial charge < -0.3 is 9.72 Å². The third-order valence-electron chi connectivity index (χ3n) is 2.99. The first-order valence-electron chi connectivity index (χ1n) is 5.76. The van der Waals surface area contributed by atoms with Crippen LogP contribution >= 0.6 is 0 Å². The predicted octanol–water partition coefficient (Wildman–Crippen LogP) is 2.56. The zero-order chi connectivity index (χ0) is 12.4. The highest BCUT2D eigenvalue weighted by molar-refractivity contribution is 5.78. The Labute approximate surface area is 105 Å². The molecule has 0 aliphatic heterocycles. The first-order valence-corrected chi connectivity index (χ1v) is 5.76. The maximum atomic E-state index is 5.15. The summed E-state index contributed by atoms with van der Waals surface area (Å²) in [7, 11) is 1.67. The molecule has 0 spiro atoms. The average molecular weight is 239 g/mol. The van der Waals surface area contributed by atoms with Gasteiger partial charge in [-0.3, -0.25) is 0 Å². The molecule has 0 amide bonds. The number of nitrogens with zero attached hydrogens (tertiary/aromatic N) is 2. The van der Waals surface area contributed by atoms with Gasteiger partial charge in [0.05, 0.1) is 7.11 Å².